The lowest BCUT2D eigenvalue weighted by molar-refractivity contribution is -0.137. The Morgan fingerprint density at radius 2 is 2.06 bits per heavy atom. The van der Waals surface area contributed by atoms with E-state index in [1.165, 1.54) is 5.56 Å². The quantitative estimate of drug-likeness (QED) is 0.467. The molecule has 2 amide bonds. The zero-order chi connectivity index (χ0) is 23.8. The maximum Gasteiger partial charge on any atom is 0.247 e. The molecule has 2 unspecified atom stereocenters. The SMILES string of the molecule is CC(=CCC(=CCl)Cc1ccccc1)C(=O)NC(C(=O)N1CCCC1c1nccs1)C(C)C. The normalized spacial score (nSPS) is 18.0. The van der Waals surface area contributed by atoms with Crippen LogP contribution in [0.25, 0.3) is 0 Å². The first-order valence-electron chi connectivity index (χ1n) is 11.4. The summed E-state index contributed by atoms with van der Waals surface area (Å²) in [6, 6.07) is 9.52. The molecule has 1 fully saturated rings. The van der Waals surface area contributed by atoms with E-state index >= 15 is 0 Å². The van der Waals surface area contributed by atoms with Crippen molar-refractivity contribution in [1.29, 1.82) is 0 Å². The Kier molecular flexibility index (Phi) is 9.27. The fourth-order valence-electron chi connectivity index (χ4n) is 4.02. The predicted octanol–water partition coefficient (Wildman–Crippen LogP) is 5.65. The molecule has 33 heavy (non-hydrogen) atoms. The van der Waals surface area contributed by atoms with Crippen molar-refractivity contribution in [3.63, 3.8) is 0 Å². The fourth-order valence-corrected chi connectivity index (χ4v) is 4.98. The number of amides is 2. The second-order valence-corrected chi connectivity index (χ2v) is 9.92. The van der Waals surface area contributed by atoms with Crippen LogP contribution >= 0.6 is 22.9 Å². The Balaban J connectivity index is 1.63. The van der Waals surface area contributed by atoms with Gasteiger partial charge in [0.05, 0.1) is 6.04 Å². The van der Waals surface area contributed by atoms with E-state index in [2.05, 4.69) is 22.4 Å². The topological polar surface area (TPSA) is 62.3 Å². The van der Waals surface area contributed by atoms with Crippen molar-refractivity contribution in [2.45, 2.75) is 58.5 Å². The highest BCUT2D eigenvalue weighted by atomic mass is 35.5. The minimum atomic E-state index is -0.575. The Hall–Kier alpha value is -2.44. The Labute approximate surface area is 205 Å². The molecule has 7 heteroatoms. The molecule has 5 nitrogen and oxygen atoms in total. The van der Waals surface area contributed by atoms with E-state index in [0.717, 1.165) is 29.8 Å². The summed E-state index contributed by atoms with van der Waals surface area (Å²) in [7, 11) is 0. The molecule has 2 aromatic rings. The number of halogens is 1. The molecule has 2 atom stereocenters. The first-order chi connectivity index (χ1) is 15.9. The third-order valence-corrected chi connectivity index (χ3v) is 7.13. The molecule has 0 aliphatic carbocycles. The van der Waals surface area contributed by atoms with Gasteiger partial charge in [-0.1, -0.05) is 67.4 Å². The Morgan fingerprint density at radius 3 is 2.70 bits per heavy atom. The number of aromatic nitrogens is 1. The Morgan fingerprint density at radius 1 is 1.30 bits per heavy atom. The molecule has 1 N–H and O–H groups in total. The summed E-state index contributed by atoms with van der Waals surface area (Å²) in [6.45, 7) is 6.40. The van der Waals surface area contributed by atoms with Crippen molar-refractivity contribution < 1.29 is 9.59 Å². The second-order valence-electron chi connectivity index (χ2n) is 8.78. The van der Waals surface area contributed by atoms with Crippen LogP contribution in [0.5, 0.6) is 0 Å². The Bertz CT molecular complexity index is 986. The molecule has 1 aliphatic rings. The van der Waals surface area contributed by atoms with Gasteiger partial charge in [0.1, 0.15) is 11.0 Å². The summed E-state index contributed by atoms with van der Waals surface area (Å²) >= 11 is 7.60. The molecule has 2 heterocycles. The average molecular weight is 486 g/mol. The number of likely N-dealkylation sites (tertiary alicyclic amines) is 1. The van der Waals surface area contributed by atoms with Crippen LogP contribution in [0.2, 0.25) is 0 Å². The molecule has 1 saturated heterocycles. The molecule has 0 radical (unpaired) electrons. The molecule has 176 valence electrons. The van der Waals surface area contributed by atoms with Crippen LogP contribution < -0.4 is 5.32 Å². The number of rotatable bonds is 9. The van der Waals surface area contributed by atoms with E-state index in [-0.39, 0.29) is 23.8 Å². The number of hydrogen-bond donors (Lipinski definition) is 1. The zero-order valence-corrected chi connectivity index (χ0v) is 21.0. The molecule has 1 aromatic carbocycles. The summed E-state index contributed by atoms with van der Waals surface area (Å²) in [6.07, 6.45) is 6.82. The standard InChI is InChI=1S/C26H32ClN3O2S/c1-18(2)23(26(32)30-14-7-10-22(30)25-28-13-15-33-25)29-24(31)19(3)11-12-21(17-27)16-20-8-5-4-6-9-20/h4-6,8-9,11,13,15,17-18,22-23H,7,10,12,14,16H2,1-3H3,(H,29,31). The van der Waals surface area contributed by atoms with Crippen LogP contribution in [0.15, 0.2) is 64.7 Å². The lowest BCUT2D eigenvalue weighted by Crippen LogP contribution is -2.51. The number of hydrogen-bond acceptors (Lipinski definition) is 4. The van der Waals surface area contributed by atoms with E-state index in [9.17, 15) is 9.59 Å². The maximum atomic E-state index is 13.4. The third-order valence-electron chi connectivity index (χ3n) is 5.95. The van der Waals surface area contributed by atoms with Gasteiger partial charge in [0.15, 0.2) is 0 Å². The van der Waals surface area contributed by atoms with Crippen molar-refractivity contribution in [3.05, 3.63) is 75.2 Å². The third kappa shape index (κ3) is 6.78. The highest BCUT2D eigenvalue weighted by molar-refractivity contribution is 7.09. The minimum absolute atomic E-state index is 0.00157. The summed E-state index contributed by atoms with van der Waals surface area (Å²) in [5.74, 6) is -0.280. The molecule has 0 saturated carbocycles. The number of carbonyl (C=O) groups is 2. The van der Waals surface area contributed by atoms with E-state index < -0.39 is 6.04 Å². The van der Waals surface area contributed by atoms with E-state index in [4.69, 9.17) is 11.6 Å². The number of thiazole rings is 1. The van der Waals surface area contributed by atoms with E-state index in [1.54, 1.807) is 30.0 Å². The predicted molar refractivity (Wildman–Crippen MR) is 135 cm³/mol. The number of carbonyl (C=O) groups excluding carboxylic acids is 2. The summed E-state index contributed by atoms with van der Waals surface area (Å²) in [5.41, 5.74) is 4.36. The highest BCUT2D eigenvalue weighted by Crippen LogP contribution is 2.34. The molecular formula is C26H32ClN3O2S. The van der Waals surface area contributed by atoms with Gasteiger partial charge in [-0.2, -0.15) is 0 Å². The number of nitrogens with one attached hydrogen (secondary N) is 1. The van der Waals surface area contributed by atoms with Crippen LogP contribution in [0.4, 0.5) is 0 Å². The largest absolute Gasteiger partial charge is 0.340 e. The van der Waals surface area contributed by atoms with Crippen LogP contribution in [-0.2, 0) is 16.0 Å². The lowest BCUT2D eigenvalue weighted by Gasteiger charge is -2.30. The van der Waals surface area contributed by atoms with Crippen LogP contribution in [0.1, 0.15) is 56.6 Å². The van der Waals surface area contributed by atoms with Crippen LogP contribution in [0, 0.1) is 5.92 Å². The van der Waals surface area contributed by atoms with Gasteiger partial charge in [0, 0.05) is 29.2 Å². The summed E-state index contributed by atoms with van der Waals surface area (Å²) in [4.78, 5) is 32.6. The van der Waals surface area contributed by atoms with E-state index in [1.807, 2.05) is 48.4 Å². The van der Waals surface area contributed by atoms with Crippen molar-refractivity contribution >= 4 is 34.8 Å². The van der Waals surface area contributed by atoms with Gasteiger partial charge in [0.2, 0.25) is 11.8 Å². The van der Waals surface area contributed by atoms with Gasteiger partial charge in [-0.05, 0) is 44.1 Å². The van der Waals surface area contributed by atoms with Crippen LogP contribution in [0.3, 0.4) is 0 Å². The van der Waals surface area contributed by atoms with Crippen molar-refractivity contribution in [3.8, 4) is 0 Å². The number of benzene rings is 1. The average Bonchev–Trinajstić information content (AvgIpc) is 3.51. The summed E-state index contributed by atoms with van der Waals surface area (Å²) < 4.78 is 0. The first-order valence-corrected chi connectivity index (χ1v) is 12.7. The zero-order valence-electron chi connectivity index (χ0n) is 19.5. The molecule has 1 aliphatic heterocycles. The van der Waals surface area contributed by atoms with Gasteiger partial charge in [-0.25, -0.2) is 4.98 Å². The van der Waals surface area contributed by atoms with Crippen molar-refractivity contribution in [2.24, 2.45) is 5.92 Å². The number of allylic oxidation sites excluding steroid dienone is 2. The lowest BCUT2D eigenvalue weighted by atomic mass is 10.0. The van der Waals surface area contributed by atoms with E-state index in [0.29, 0.717) is 18.5 Å². The monoisotopic (exact) mass is 485 g/mol. The van der Waals surface area contributed by atoms with Gasteiger partial charge in [-0.3, -0.25) is 9.59 Å². The van der Waals surface area contributed by atoms with Crippen LogP contribution in [-0.4, -0.2) is 34.3 Å². The molecule has 0 spiro atoms. The molecule has 3 rings (SSSR count). The maximum absolute atomic E-state index is 13.4. The van der Waals surface area contributed by atoms with Gasteiger partial charge >= 0.3 is 0 Å². The number of nitrogens with zero attached hydrogens (tertiary/aromatic N) is 2. The van der Waals surface area contributed by atoms with Gasteiger partial charge in [0.25, 0.3) is 0 Å². The van der Waals surface area contributed by atoms with Crippen molar-refractivity contribution in [1.82, 2.24) is 15.2 Å². The first kappa shape index (κ1) is 25.2. The van der Waals surface area contributed by atoms with Crippen molar-refractivity contribution in [2.75, 3.05) is 6.54 Å². The summed E-state index contributed by atoms with van der Waals surface area (Å²) in [5, 5.41) is 5.88. The minimum Gasteiger partial charge on any atom is -0.340 e. The van der Waals surface area contributed by atoms with Gasteiger partial charge < -0.3 is 10.2 Å². The highest BCUT2D eigenvalue weighted by Gasteiger charge is 2.37. The van der Waals surface area contributed by atoms with Gasteiger partial charge in [-0.15, -0.1) is 11.3 Å². The molecular weight excluding hydrogens is 454 g/mol. The molecule has 0 bridgehead atoms. The fraction of sp³-hybridized carbons (Fsp3) is 0.423. The molecule has 1 aromatic heterocycles. The smallest absolute Gasteiger partial charge is 0.247 e. The second kappa shape index (κ2) is 12.1.